The van der Waals surface area contributed by atoms with Crippen LogP contribution in [0.2, 0.25) is 0 Å². The second-order valence-electron chi connectivity index (χ2n) is 4.43. The molecule has 1 aromatic heterocycles. The molecule has 90 valence electrons. The molecule has 0 aliphatic carbocycles. The zero-order valence-electron chi connectivity index (χ0n) is 9.95. The average Bonchev–Trinajstić information content (AvgIpc) is 2.60. The predicted octanol–water partition coefficient (Wildman–Crippen LogP) is 0.855. The fourth-order valence-electron chi connectivity index (χ4n) is 1.46. The molecule has 0 radical (unpaired) electrons. The number of hydrogen-bond acceptors (Lipinski definition) is 3. The van der Waals surface area contributed by atoms with Crippen molar-refractivity contribution in [3.05, 3.63) is 17.5 Å². The van der Waals surface area contributed by atoms with E-state index in [1.54, 1.807) is 6.07 Å². The first-order chi connectivity index (χ1) is 7.49. The van der Waals surface area contributed by atoms with Crippen molar-refractivity contribution in [1.82, 2.24) is 15.5 Å². The molecule has 1 heterocycles. The number of aliphatic hydroxyl groups excluding tert-OH is 1. The zero-order valence-corrected chi connectivity index (χ0v) is 9.95. The van der Waals surface area contributed by atoms with Crippen LogP contribution in [0.1, 0.15) is 36.5 Å². The molecule has 0 fully saturated rings. The molecule has 1 atom stereocenters. The first-order valence-electron chi connectivity index (χ1n) is 5.47. The van der Waals surface area contributed by atoms with E-state index in [0.29, 0.717) is 18.0 Å². The van der Waals surface area contributed by atoms with Crippen molar-refractivity contribution in [2.45, 2.75) is 33.3 Å². The fourth-order valence-corrected chi connectivity index (χ4v) is 1.46. The Morgan fingerprint density at radius 3 is 2.81 bits per heavy atom. The normalized spacial score (nSPS) is 12.8. The Hall–Kier alpha value is -1.36. The third-order valence-corrected chi connectivity index (χ3v) is 2.18. The Kier molecular flexibility index (Phi) is 4.49. The minimum absolute atomic E-state index is 0.257. The van der Waals surface area contributed by atoms with Gasteiger partial charge in [0.05, 0.1) is 6.10 Å². The number of amides is 1. The molecule has 5 nitrogen and oxygen atoms in total. The van der Waals surface area contributed by atoms with Gasteiger partial charge in [-0.3, -0.25) is 9.89 Å². The minimum Gasteiger partial charge on any atom is -0.391 e. The summed E-state index contributed by atoms with van der Waals surface area (Å²) >= 11 is 0. The highest BCUT2D eigenvalue weighted by Crippen LogP contribution is 2.03. The topological polar surface area (TPSA) is 78.0 Å². The summed E-state index contributed by atoms with van der Waals surface area (Å²) in [6, 6.07) is 1.67. The van der Waals surface area contributed by atoms with Gasteiger partial charge in [0.25, 0.3) is 5.91 Å². The van der Waals surface area contributed by atoms with Crippen LogP contribution in [-0.4, -0.2) is 33.9 Å². The van der Waals surface area contributed by atoms with Crippen molar-refractivity contribution < 1.29 is 9.90 Å². The molecule has 0 aliphatic heterocycles. The van der Waals surface area contributed by atoms with Crippen LogP contribution >= 0.6 is 0 Å². The van der Waals surface area contributed by atoms with Gasteiger partial charge in [-0.1, -0.05) is 13.8 Å². The number of carbonyl (C=O) groups excluding carboxylic acids is 1. The van der Waals surface area contributed by atoms with Crippen LogP contribution in [0.25, 0.3) is 0 Å². The maximum atomic E-state index is 11.5. The number of nitrogens with zero attached hydrogens (tertiary/aromatic N) is 1. The van der Waals surface area contributed by atoms with Gasteiger partial charge < -0.3 is 10.4 Å². The highest BCUT2D eigenvalue weighted by molar-refractivity contribution is 5.92. The second kappa shape index (κ2) is 5.65. The van der Waals surface area contributed by atoms with E-state index in [1.165, 1.54) is 0 Å². The van der Waals surface area contributed by atoms with Gasteiger partial charge in [-0.2, -0.15) is 5.10 Å². The molecule has 0 spiro atoms. The smallest absolute Gasteiger partial charge is 0.271 e. The number of aromatic nitrogens is 2. The SMILES string of the molecule is Cc1cc(C(=O)NCC(O)CC(C)C)n[nH]1. The monoisotopic (exact) mass is 225 g/mol. The molecule has 0 aliphatic rings. The zero-order chi connectivity index (χ0) is 12.1. The molecule has 1 amide bonds. The maximum Gasteiger partial charge on any atom is 0.271 e. The van der Waals surface area contributed by atoms with Crippen LogP contribution in [0.5, 0.6) is 0 Å². The minimum atomic E-state index is -0.496. The average molecular weight is 225 g/mol. The predicted molar refractivity (Wildman–Crippen MR) is 61.1 cm³/mol. The highest BCUT2D eigenvalue weighted by atomic mass is 16.3. The third kappa shape index (κ3) is 4.02. The number of carbonyl (C=O) groups is 1. The molecule has 5 heteroatoms. The van der Waals surface area contributed by atoms with Crippen LogP contribution < -0.4 is 5.32 Å². The van der Waals surface area contributed by atoms with E-state index >= 15 is 0 Å². The first kappa shape index (κ1) is 12.7. The molecule has 0 aromatic carbocycles. The van der Waals surface area contributed by atoms with E-state index in [1.807, 2.05) is 20.8 Å². The van der Waals surface area contributed by atoms with Gasteiger partial charge in [0.2, 0.25) is 0 Å². The first-order valence-corrected chi connectivity index (χ1v) is 5.47. The lowest BCUT2D eigenvalue weighted by molar-refractivity contribution is 0.0895. The lowest BCUT2D eigenvalue weighted by Gasteiger charge is -2.13. The highest BCUT2D eigenvalue weighted by Gasteiger charge is 2.12. The summed E-state index contributed by atoms with van der Waals surface area (Å²) in [5.41, 5.74) is 1.20. The summed E-state index contributed by atoms with van der Waals surface area (Å²) in [7, 11) is 0. The summed E-state index contributed by atoms with van der Waals surface area (Å²) < 4.78 is 0. The Balaban J connectivity index is 2.35. The third-order valence-electron chi connectivity index (χ3n) is 2.18. The number of aliphatic hydroxyl groups is 1. The van der Waals surface area contributed by atoms with Gasteiger partial charge in [0, 0.05) is 12.2 Å². The van der Waals surface area contributed by atoms with Crippen LogP contribution in [0.4, 0.5) is 0 Å². The van der Waals surface area contributed by atoms with Crippen molar-refractivity contribution in [2.24, 2.45) is 5.92 Å². The fraction of sp³-hybridized carbons (Fsp3) is 0.636. The summed E-state index contributed by atoms with van der Waals surface area (Å²) in [4.78, 5) is 11.5. The van der Waals surface area contributed by atoms with Crippen LogP contribution in [0.15, 0.2) is 6.07 Å². The van der Waals surface area contributed by atoms with E-state index in [9.17, 15) is 9.90 Å². The van der Waals surface area contributed by atoms with E-state index in [-0.39, 0.29) is 12.5 Å². The summed E-state index contributed by atoms with van der Waals surface area (Å²) in [6.45, 7) is 6.16. The lowest BCUT2D eigenvalue weighted by atomic mass is 10.1. The molecule has 16 heavy (non-hydrogen) atoms. The number of aryl methyl sites for hydroxylation is 1. The van der Waals surface area contributed by atoms with Gasteiger partial charge in [-0.25, -0.2) is 0 Å². The van der Waals surface area contributed by atoms with Crippen LogP contribution in [-0.2, 0) is 0 Å². The summed E-state index contributed by atoms with van der Waals surface area (Å²) in [5.74, 6) is 0.159. The van der Waals surface area contributed by atoms with E-state index < -0.39 is 6.10 Å². The Bertz CT molecular complexity index is 347. The van der Waals surface area contributed by atoms with Crippen molar-refractivity contribution in [1.29, 1.82) is 0 Å². The Morgan fingerprint density at radius 1 is 1.62 bits per heavy atom. The standard InChI is InChI=1S/C11H19N3O2/c1-7(2)4-9(15)6-12-11(16)10-5-8(3)13-14-10/h5,7,9,15H,4,6H2,1-3H3,(H,12,16)(H,13,14). The van der Waals surface area contributed by atoms with Crippen molar-refractivity contribution in [3.8, 4) is 0 Å². The number of H-pyrrole nitrogens is 1. The lowest BCUT2D eigenvalue weighted by Crippen LogP contribution is -2.33. The number of nitrogens with one attached hydrogen (secondary N) is 2. The molecular formula is C11H19N3O2. The van der Waals surface area contributed by atoms with Gasteiger partial charge in [-0.05, 0) is 25.3 Å². The van der Waals surface area contributed by atoms with Crippen LogP contribution in [0, 0.1) is 12.8 Å². The van der Waals surface area contributed by atoms with Gasteiger partial charge >= 0.3 is 0 Å². The number of aromatic amines is 1. The van der Waals surface area contributed by atoms with Crippen molar-refractivity contribution >= 4 is 5.91 Å². The van der Waals surface area contributed by atoms with Crippen molar-refractivity contribution in [2.75, 3.05) is 6.54 Å². The van der Waals surface area contributed by atoms with Crippen LogP contribution in [0.3, 0.4) is 0 Å². The Labute approximate surface area is 95.3 Å². The summed E-state index contributed by atoms with van der Waals surface area (Å²) in [6.07, 6.45) is 0.184. The molecular weight excluding hydrogens is 206 g/mol. The largest absolute Gasteiger partial charge is 0.391 e. The molecule has 1 aromatic rings. The molecule has 1 rings (SSSR count). The number of hydrogen-bond donors (Lipinski definition) is 3. The van der Waals surface area contributed by atoms with Crippen molar-refractivity contribution in [3.63, 3.8) is 0 Å². The summed E-state index contributed by atoms with van der Waals surface area (Å²) in [5, 5.41) is 18.8. The maximum absolute atomic E-state index is 11.5. The number of rotatable bonds is 5. The molecule has 3 N–H and O–H groups in total. The van der Waals surface area contributed by atoms with E-state index in [2.05, 4.69) is 15.5 Å². The van der Waals surface area contributed by atoms with E-state index in [4.69, 9.17) is 0 Å². The van der Waals surface area contributed by atoms with Gasteiger partial charge in [0.1, 0.15) is 5.69 Å². The molecule has 0 saturated carbocycles. The van der Waals surface area contributed by atoms with Gasteiger partial charge in [0.15, 0.2) is 0 Å². The quantitative estimate of drug-likeness (QED) is 0.695. The Morgan fingerprint density at radius 2 is 2.31 bits per heavy atom. The molecule has 0 bridgehead atoms. The van der Waals surface area contributed by atoms with Gasteiger partial charge in [-0.15, -0.1) is 0 Å². The second-order valence-corrected chi connectivity index (χ2v) is 4.43. The molecule has 1 unspecified atom stereocenters. The molecule has 0 saturated heterocycles. The van der Waals surface area contributed by atoms with E-state index in [0.717, 1.165) is 5.69 Å².